The Hall–Kier alpha value is -2.62. The molecule has 0 radical (unpaired) electrons. The van der Waals surface area contributed by atoms with Gasteiger partial charge in [0.15, 0.2) is 0 Å². The van der Waals surface area contributed by atoms with Gasteiger partial charge in [-0.1, -0.05) is 58.7 Å². The molecule has 0 atom stereocenters. The zero-order valence-electron chi connectivity index (χ0n) is 27.6. The summed E-state index contributed by atoms with van der Waals surface area (Å²) in [6.07, 6.45) is 0. The van der Waals surface area contributed by atoms with Gasteiger partial charge >= 0.3 is 142 Å². The Morgan fingerprint density at radius 3 is 0.810 bits per heavy atom. The number of nitrogens with zero attached hydrogens (tertiary/aromatic N) is 2. The topological polar surface area (TPSA) is 72.3 Å². The summed E-state index contributed by atoms with van der Waals surface area (Å²) in [5.74, 6) is 0. The summed E-state index contributed by atoms with van der Waals surface area (Å²) < 4.78 is 8.28. The van der Waals surface area contributed by atoms with Crippen LogP contribution in [0, 0.1) is 85.1 Å². The molecular weight excluding hydrogens is 684 g/mol. The molecular formula is C36H50N4Tc2. The fourth-order valence-electron chi connectivity index (χ4n) is 3.51. The molecule has 0 aliphatic carbocycles. The molecule has 4 aromatic rings. The first-order chi connectivity index (χ1) is 17.9. The molecule has 0 fully saturated rings. The number of hydrogen-bond donors (Lipinski definition) is 0. The summed E-state index contributed by atoms with van der Waals surface area (Å²) >= 11 is 4.06. The maximum absolute atomic E-state index is 7.44. The number of aryl methyl sites for hydroxylation is 8. The average Bonchev–Trinajstić information content (AvgIpc) is 2.87. The van der Waals surface area contributed by atoms with Gasteiger partial charge in [-0.05, 0) is 27.7 Å². The van der Waals surface area contributed by atoms with Crippen molar-refractivity contribution in [1.29, 1.82) is 0 Å². The van der Waals surface area contributed by atoms with Crippen LogP contribution in [0.25, 0.3) is 11.5 Å². The largest absolute Gasteiger partial charge is 0.358 e. The molecule has 0 aliphatic heterocycles. The molecule has 6 heteroatoms. The summed E-state index contributed by atoms with van der Waals surface area (Å²) in [5.41, 5.74) is 27.6. The normalized spacial score (nSPS) is 8.60. The van der Waals surface area contributed by atoms with Crippen molar-refractivity contribution in [3.63, 3.8) is 0 Å². The maximum Gasteiger partial charge on any atom is -0.358 e. The molecule has 228 valence electrons. The molecule has 4 aromatic carbocycles. The average molecular weight is 735 g/mol. The quantitative estimate of drug-likeness (QED) is 0.184. The van der Waals surface area contributed by atoms with E-state index in [1.165, 1.54) is 22.3 Å². The van der Waals surface area contributed by atoms with Crippen molar-refractivity contribution in [2.24, 2.45) is 7.22 Å². The van der Waals surface area contributed by atoms with Crippen molar-refractivity contribution in [3.05, 3.63) is 158 Å². The summed E-state index contributed by atoms with van der Waals surface area (Å²) in [6.45, 7) is 16.1. The Labute approximate surface area is 279 Å². The second-order valence-electron chi connectivity index (χ2n) is 9.18. The molecule has 0 bridgehead atoms. The van der Waals surface area contributed by atoms with E-state index in [-0.39, 0.29) is 29.7 Å². The van der Waals surface area contributed by atoms with Gasteiger partial charge in [-0.2, -0.15) is 0 Å². The first kappa shape index (κ1) is 46.3. The van der Waals surface area contributed by atoms with Gasteiger partial charge < -0.3 is 41.2 Å². The third-order valence-electron chi connectivity index (χ3n) is 6.01. The maximum atomic E-state index is 7.44. The molecule has 2 N–H and O–H groups in total. The van der Waals surface area contributed by atoms with Gasteiger partial charge in [0, 0.05) is 0 Å². The van der Waals surface area contributed by atoms with Crippen LogP contribution in [0.4, 0.5) is 22.7 Å². The Morgan fingerprint density at radius 1 is 0.452 bits per heavy atom. The van der Waals surface area contributed by atoms with E-state index in [1.807, 2.05) is 102 Å². The van der Waals surface area contributed by atoms with Gasteiger partial charge in [0.2, 0.25) is 0 Å². The molecule has 0 aromatic heterocycles. The van der Waals surface area contributed by atoms with Crippen LogP contribution < -0.4 is 0 Å². The monoisotopic (exact) mass is 732 g/mol. The number of hydrogen-bond acceptors (Lipinski definition) is 2. The van der Waals surface area contributed by atoms with E-state index in [9.17, 15) is 0 Å². The Bertz CT molecular complexity index is 1180. The zero-order chi connectivity index (χ0) is 28.8. The third kappa shape index (κ3) is 15.0. The minimum Gasteiger partial charge on any atom is -0.358 e. The van der Waals surface area contributed by atoms with Gasteiger partial charge in [-0.15, -0.1) is 11.4 Å². The van der Waals surface area contributed by atoms with Crippen LogP contribution in [-0.2, 0) is 37.4 Å². The molecule has 4 rings (SSSR count). The van der Waals surface area contributed by atoms with Crippen molar-refractivity contribution in [1.82, 2.24) is 0 Å². The molecule has 0 unspecified atom stereocenters. The van der Waals surface area contributed by atoms with Crippen LogP contribution in [0.5, 0.6) is 0 Å². The van der Waals surface area contributed by atoms with E-state index < -0.39 is 0 Å². The third-order valence-corrected chi connectivity index (χ3v) is 6.84. The Kier molecular flexibility index (Phi) is 26.4. The SMILES string of the molecule is Cc1cccc(C)c1[NH-].Cc1cccc(C)c1[NH-].Cc1cccc(C)c1[N]=[Tc+2].Cc1cccc(C)c1[N]=[Tc+4].[CH3-].[CH3-].[CH3-].[CH3-]. The Morgan fingerprint density at radius 2 is 0.667 bits per heavy atom. The van der Waals surface area contributed by atoms with Crippen molar-refractivity contribution in [3.8, 4) is 0 Å². The number of rotatable bonds is 2. The van der Waals surface area contributed by atoms with Crippen molar-refractivity contribution in [2.75, 3.05) is 0 Å². The molecule has 0 aliphatic rings. The van der Waals surface area contributed by atoms with E-state index >= 15 is 0 Å². The predicted octanol–water partition coefficient (Wildman–Crippen LogP) is 13.1. The van der Waals surface area contributed by atoms with Crippen LogP contribution >= 0.6 is 0 Å². The fourth-order valence-corrected chi connectivity index (χ4v) is 4.82. The predicted molar refractivity (Wildman–Crippen MR) is 181 cm³/mol. The summed E-state index contributed by atoms with van der Waals surface area (Å²) in [6, 6.07) is 24.2. The Balaban J connectivity index is -0.000000222. The molecule has 42 heavy (non-hydrogen) atoms. The van der Waals surface area contributed by atoms with Crippen molar-refractivity contribution < 1.29 is 37.4 Å². The van der Waals surface area contributed by atoms with Crippen LogP contribution in [0.15, 0.2) is 80.0 Å². The molecule has 4 nitrogen and oxygen atoms in total. The minimum atomic E-state index is 0. The van der Waals surface area contributed by atoms with E-state index in [2.05, 4.69) is 71.3 Å². The smallest absolute Gasteiger partial charge is 0.358 e. The molecule has 0 spiro atoms. The van der Waals surface area contributed by atoms with Crippen LogP contribution in [0.3, 0.4) is 0 Å². The molecule has 0 heterocycles. The van der Waals surface area contributed by atoms with Crippen molar-refractivity contribution in [2.45, 2.75) is 55.4 Å². The van der Waals surface area contributed by atoms with E-state index in [1.54, 1.807) is 0 Å². The first-order valence-electron chi connectivity index (χ1n) is 12.3. The number of benzene rings is 4. The van der Waals surface area contributed by atoms with Gasteiger partial charge in [-0.25, -0.2) is 0 Å². The van der Waals surface area contributed by atoms with Crippen molar-refractivity contribution >= 4 is 22.7 Å². The number of nitrogens with one attached hydrogen (secondary N) is 2. The van der Waals surface area contributed by atoms with Crippen LogP contribution in [0.1, 0.15) is 44.5 Å². The second kappa shape index (κ2) is 23.9. The van der Waals surface area contributed by atoms with E-state index in [4.69, 9.17) is 11.5 Å². The van der Waals surface area contributed by atoms with Gasteiger partial charge in [0.1, 0.15) is 0 Å². The summed E-state index contributed by atoms with van der Waals surface area (Å²) in [5, 5.41) is 0. The first-order valence-corrected chi connectivity index (χ1v) is 13.9. The minimum absolute atomic E-state index is 0. The summed E-state index contributed by atoms with van der Waals surface area (Å²) in [4.78, 5) is 0. The molecule has 0 saturated heterocycles. The summed E-state index contributed by atoms with van der Waals surface area (Å²) in [7, 11) is 0. The van der Waals surface area contributed by atoms with Gasteiger partial charge in [0.25, 0.3) is 0 Å². The van der Waals surface area contributed by atoms with Gasteiger partial charge in [-0.3, -0.25) is 0 Å². The molecule has 0 amide bonds. The van der Waals surface area contributed by atoms with E-state index in [0.717, 1.165) is 33.6 Å². The standard InChI is InChI=1S/2C8H10N.2C8H9N.4CH3.2Tc/c4*1-6-4-3-5-7(2)8(6)9;;;;;;/h2*3-5,9H,1-2H3;2*3-5H,1-2H3;4*1H3;;/q2*-1;;;4*-1;+2;+4. The zero-order valence-corrected chi connectivity index (χ0v) is 31.3. The molecule has 0 saturated carbocycles. The van der Waals surface area contributed by atoms with Gasteiger partial charge in [0.05, 0.1) is 0 Å². The van der Waals surface area contributed by atoms with Crippen LogP contribution in [-0.4, -0.2) is 0 Å². The van der Waals surface area contributed by atoms with E-state index in [0.29, 0.717) is 11.4 Å². The second-order valence-corrected chi connectivity index (χ2v) is 10.0. The fraction of sp³-hybridized carbons (Fsp3) is 0.222. The van der Waals surface area contributed by atoms with Crippen LogP contribution in [0.2, 0.25) is 0 Å².